The molecule has 1 heterocycles. The Hall–Kier alpha value is -0.240. The van der Waals surface area contributed by atoms with Crippen LogP contribution >= 0.6 is 0 Å². The quantitative estimate of drug-likeness (QED) is 0.409. The second kappa shape index (κ2) is 6.08. The minimum Gasteiger partial charge on any atom is -0.388 e. The predicted molar refractivity (Wildman–Crippen MR) is 61.3 cm³/mol. The second-order valence-corrected chi connectivity index (χ2v) is 4.55. The molecule has 0 unspecified atom stereocenters. The molecule has 0 aromatic heterocycles. The zero-order chi connectivity index (χ0) is 13.1. The zero-order valence-corrected chi connectivity index (χ0v) is 10.3. The van der Waals surface area contributed by atoms with E-state index in [0.29, 0.717) is 0 Å². The van der Waals surface area contributed by atoms with E-state index in [-0.39, 0.29) is 19.2 Å². The highest BCUT2D eigenvalue weighted by atomic mass is 16.6. The van der Waals surface area contributed by atoms with Gasteiger partial charge in [0.2, 0.25) is 5.79 Å². The van der Waals surface area contributed by atoms with Crippen LogP contribution in [0, 0.1) is 0 Å². The van der Waals surface area contributed by atoms with E-state index in [9.17, 15) is 20.4 Å². The van der Waals surface area contributed by atoms with Crippen molar-refractivity contribution in [3.8, 4) is 0 Å². The summed E-state index contributed by atoms with van der Waals surface area (Å²) in [7, 11) is 0. The number of nitrogens with one attached hydrogen (secondary N) is 1. The van der Waals surface area contributed by atoms with Crippen LogP contribution in [0.2, 0.25) is 0 Å². The minimum atomic E-state index is -1.85. The number of hydrogen-bond donors (Lipinski definition) is 5. The lowest BCUT2D eigenvalue weighted by Crippen LogP contribution is -2.64. The summed E-state index contributed by atoms with van der Waals surface area (Å²) >= 11 is 0. The number of rotatable bonds is 5. The standard InChI is InChI=1S/C11H23NO5/c1-3-7(4-2)12-6-11(16)10(15)9(14)8(13)5-17-11/h7-10,12-16H,3-6H2,1-2H3/t8-,9+,10+,11-/m1/s1. The molecule has 1 saturated heterocycles. The number of ether oxygens (including phenoxy) is 1. The number of aliphatic hydroxyl groups is 4. The normalized spacial score (nSPS) is 38.6. The molecule has 0 aromatic rings. The van der Waals surface area contributed by atoms with Crippen molar-refractivity contribution in [2.45, 2.75) is 56.8 Å². The fourth-order valence-electron chi connectivity index (χ4n) is 1.91. The Bertz CT molecular complexity index is 236. The predicted octanol–water partition coefficient (Wildman–Crippen LogP) is -1.43. The molecule has 5 N–H and O–H groups in total. The molecule has 1 rings (SSSR count). The summed E-state index contributed by atoms with van der Waals surface area (Å²) in [5.74, 6) is -1.85. The monoisotopic (exact) mass is 249 g/mol. The zero-order valence-electron chi connectivity index (χ0n) is 10.3. The molecule has 0 saturated carbocycles. The molecule has 0 aromatic carbocycles. The third-order valence-corrected chi connectivity index (χ3v) is 3.31. The van der Waals surface area contributed by atoms with Gasteiger partial charge >= 0.3 is 0 Å². The largest absolute Gasteiger partial charge is 0.388 e. The van der Waals surface area contributed by atoms with Crippen LogP contribution in [0.5, 0.6) is 0 Å². The molecule has 6 nitrogen and oxygen atoms in total. The van der Waals surface area contributed by atoms with Gasteiger partial charge in [0, 0.05) is 6.04 Å². The van der Waals surface area contributed by atoms with Crippen LogP contribution in [-0.2, 0) is 4.74 Å². The molecular formula is C11H23NO5. The molecule has 102 valence electrons. The van der Waals surface area contributed by atoms with E-state index in [1.807, 2.05) is 13.8 Å². The van der Waals surface area contributed by atoms with Gasteiger partial charge in [-0.2, -0.15) is 0 Å². The third kappa shape index (κ3) is 3.37. The summed E-state index contributed by atoms with van der Waals surface area (Å²) in [4.78, 5) is 0. The maximum absolute atomic E-state index is 10.1. The van der Waals surface area contributed by atoms with Gasteiger partial charge in [0.1, 0.15) is 18.3 Å². The van der Waals surface area contributed by atoms with Crippen molar-refractivity contribution >= 4 is 0 Å². The van der Waals surface area contributed by atoms with Crippen molar-refractivity contribution in [1.82, 2.24) is 5.32 Å². The van der Waals surface area contributed by atoms with Gasteiger partial charge in [0.05, 0.1) is 13.2 Å². The van der Waals surface area contributed by atoms with E-state index >= 15 is 0 Å². The van der Waals surface area contributed by atoms with Gasteiger partial charge in [-0.1, -0.05) is 13.8 Å². The third-order valence-electron chi connectivity index (χ3n) is 3.31. The van der Waals surface area contributed by atoms with Crippen molar-refractivity contribution < 1.29 is 25.2 Å². The van der Waals surface area contributed by atoms with Gasteiger partial charge in [0.25, 0.3) is 0 Å². The van der Waals surface area contributed by atoms with E-state index < -0.39 is 24.1 Å². The van der Waals surface area contributed by atoms with E-state index in [0.717, 1.165) is 12.8 Å². The average Bonchev–Trinajstić information content (AvgIpc) is 2.33. The SMILES string of the molecule is CCC(CC)NC[C@@]1(O)OC[C@@H](O)[C@H](O)[C@@H]1O. The fraction of sp³-hybridized carbons (Fsp3) is 1.00. The molecule has 0 aliphatic carbocycles. The van der Waals surface area contributed by atoms with E-state index in [2.05, 4.69) is 5.32 Å². The van der Waals surface area contributed by atoms with Crippen LogP contribution in [0.25, 0.3) is 0 Å². The first kappa shape index (κ1) is 14.8. The Morgan fingerprint density at radius 3 is 2.41 bits per heavy atom. The Labute approximate surface area is 101 Å². The Morgan fingerprint density at radius 2 is 1.88 bits per heavy atom. The second-order valence-electron chi connectivity index (χ2n) is 4.55. The van der Waals surface area contributed by atoms with E-state index in [1.165, 1.54) is 0 Å². The molecular weight excluding hydrogens is 226 g/mol. The van der Waals surface area contributed by atoms with Crippen LogP contribution in [0.1, 0.15) is 26.7 Å². The van der Waals surface area contributed by atoms with E-state index in [4.69, 9.17) is 4.74 Å². The Morgan fingerprint density at radius 1 is 1.29 bits per heavy atom. The maximum atomic E-state index is 10.1. The highest BCUT2D eigenvalue weighted by Crippen LogP contribution is 2.23. The fourth-order valence-corrected chi connectivity index (χ4v) is 1.91. The van der Waals surface area contributed by atoms with Crippen molar-refractivity contribution in [2.24, 2.45) is 0 Å². The first-order chi connectivity index (χ1) is 7.94. The first-order valence-electron chi connectivity index (χ1n) is 6.08. The highest BCUT2D eigenvalue weighted by molar-refractivity contribution is 4.93. The number of aliphatic hydroxyl groups excluding tert-OH is 3. The van der Waals surface area contributed by atoms with Crippen LogP contribution in [0.4, 0.5) is 0 Å². The lowest BCUT2D eigenvalue weighted by molar-refractivity contribution is -0.318. The Balaban J connectivity index is 2.55. The van der Waals surface area contributed by atoms with Crippen LogP contribution in [0.3, 0.4) is 0 Å². The molecule has 0 amide bonds. The lowest BCUT2D eigenvalue weighted by Gasteiger charge is -2.42. The molecule has 0 radical (unpaired) electrons. The molecule has 1 fully saturated rings. The van der Waals surface area contributed by atoms with Crippen molar-refractivity contribution in [1.29, 1.82) is 0 Å². The Kier molecular flexibility index (Phi) is 5.30. The van der Waals surface area contributed by atoms with Crippen LogP contribution in [-0.4, -0.2) is 63.7 Å². The topological polar surface area (TPSA) is 102 Å². The van der Waals surface area contributed by atoms with Crippen LogP contribution < -0.4 is 5.32 Å². The van der Waals surface area contributed by atoms with Crippen molar-refractivity contribution in [2.75, 3.05) is 13.2 Å². The molecule has 17 heavy (non-hydrogen) atoms. The average molecular weight is 249 g/mol. The van der Waals surface area contributed by atoms with Crippen LogP contribution in [0.15, 0.2) is 0 Å². The van der Waals surface area contributed by atoms with Crippen molar-refractivity contribution in [3.05, 3.63) is 0 Å². The lowest BCUT2D eigenvalue weighted by atomic mass is 9.96. The summed E-state index contributed by atoms with van der Waals surface area (Å²) < 4.78 is 5.03. The highest BCUT2D eigenvalue weighted by Gasteiger charge is 2.48. The maximum Gasteiger partial charge on any atom is 0.207 e. The number of hydrogen-bond acceptors (Lipinski definition) is 6. The minimum absolute atomic E-state index is 0.0181. The summed E-state index contributed by atoms with van der Waals surface area (Å²) in [5, 5.41) is 41.6. The smallest absolute Gasteiger partial charge is 0.207 e. The molecule has 0 bridgehead atoms. The summed E-state index contributed by atoms with van der Waals surface area (Å²) in [6, 6.07) is 0.221. The molecule has 6 heteroatoms. The van der Waals surface area contributed by atoms with Gasteiger partial charge in [-0.25, -0.2) is 0 Å². The van der Waals surface area contributed by atoms with Crippen molar-refractivity contribution in [3.63, 3.8) is 0 Å². The summed E-state index contributed by atoms with van der Waals surface area (Å²) in [6.45, 7) is 3.85. The summed E-state index contributed by atoms with van der Waals surface area (Å²) in [6.07, 6.45) is -2.29. The summed E-state index contributed by atoms with van der Waals surface area (Å²) in [5.41, 5.74) is 0. The van der Waals surface area contributed by atoms with Gasteiger partial charge < -0.3 is 30.5 Å². The van der Waals surface area contributed by atoms with Gasteiger partial charge in [-0.05, 0) is 12.8 Å². The van der Waals surface area contributed by atoms with Gasteiger partial charge in [-0.15, -0.1) is 0 Å². The molecule has 4 atom stereocenters. The molecule has 0 spiro atoms. The van der Waals surface area contributed by atoms with Gasteiger partial charge in [-0.3, -0.25) is 0 Å². The van der Waals surface area contributed by atoms with Gasteiger partial charge in [0.15, 0.2) is 0 Å². The first-order valence-corrected chi connectivity index (χ1v) is 6.08. The van der Waals surface area contributed by atoms with E-state index in [1.54, 1.807) is 0 Å². The molecule has 1 aliphatic heterocycles. The molecule has 1 aliphatic rings.